The van der Waals surface area contributed by atoms with Gasteiger partial charge in [0.25, 0.3) is 5.91 Å². The van der Waals surface area contributed by atoms with E-state index < -0.39 is 11.8 Å². The molecular formula is C16H13N3O2. The zero-order chi connectivity index (χ0) is 15.1. The van der Waals surface area contributed by atoms with Crippen molar-refractivity contribution < 1.29 is 9.90 Å². The van der Waals surface area contributed by atoms with Crippen LogP contribution in [0, 0.1) is 11.3 Å². The van der Waals surface area contributed by atoms with Gasteiger partial charge in [0.2, 0.25) is 0 Å². The molecule has 104 valence electrons. The van der Waals surface area contributed by atoms with Gasteiger partial charge in [-0.2, -0.15) is 10.4 Å². The highest BCUT2D eigenvalue weighted by atomic mass is 16.3. The second-order valence-electron chi connectivity index (χ2n) is 4.30. The molecular weight excluding hydrogens is 266 g/mol. The molecule has 0 fully saturated rings. The summed E-state index contributed by atoms with van der Waals surface area (Å²) in [5, 5.41) is 22.2. The van der Waals surface area contributed by atoms with E-state index >= 15 is 0 Å². The zero-order valence-corrected chi connectivity index (χ0v) is 11.1. The Kier molecular flexibility index (Phi) is 4.67. The van der Waals surface area contributed by atoms with Gasteiger partial charge in [-0.1, -0.05) is 42.5 Å². The second kappa shape index (κ2) is 6.87. The number of nitriles is 1. The maximum Gasteiger partial charge on any atom is 0.261 e. The summed E-state index contributed by atoms with van der Waals surface area (Å²) in [6, 6.07) is 17.2. The molecule has 5 heteroatoms. The van der Waals surface area contributed by atoms with Gasteiger partial charge in [0.1, 0.15) is 5.75 Å². The van der Waals surface area contributed by atoms with E-state index in [-0.39, 0.29) is 5.75 Å². The summed E-state index contributed by atoms with van der Waals surface area (Å²) in [5.41, 5.74) is 3.58. The summed E-state index contributed by atoms with van der Waals surface area (Å²) >= 11 is 0. The molecule has 1 atom stereocenters. The highest BCUT2D eigenvalue weighted by Gasteiger charge is 2.19. The van der Waals surface area contributed by atoms with Gasteiger partial charge in [-0.3, -0.25) is 4.79 Å². The molecule has 0 unspecified atom stereocenters. The molecule has 0 heterocycles. The molecule has 1 amide bonds. The molecule has 2 aromatic rings. The summed E-state index contributed by atoms with van der Waals surface area (Å²) in [6.45, 7) is 0. The highest BCUT2D eigenvalue weighted by Crippen LogP contribution is 2.14. The van der Waals surface area contributed by atoms with E-state index in [1.54, 1.807) is 36.4 Å². The summed E-state index contributed by atoms with van der Waals surface area (Å²) in [7, 11) is 0. The quantitative estimate of drug-likeness (QED) is 0.664. The first-order valence-electron chi connectivity index (χ1n) is 6.27. The van der Waals surface area contributed by atoms with Crippen LogP contribution in [0.5, 0.6) is 5.75 Å². The number of nitrogens with zero attached hydrogens (tertiary/aromatic N) is 2. The van der Waals surface area contributed by atoms with Crippen molar-refractivity contribution >= 4 is 12.1 Å². The number of hydrazone groups is 1. The maximum atomic E-state index is 11.9. The van der Waals surface area contributed by atoms with Crippen molar-refractivity contribution in [2.75, 3.05) is 0 Å². The number of amides is 1. The third-order valence-electron chi connectivity index (χ3n) is 2.78. The predicted molar refractivity (Wildman–Crippen MR) is 78.6 cm³/mol. The average Bonchev–Trinajstić information content (AvgIpc) is 2.49. The fraction of sp³-hybridized carbons (Fsp3) is 0.0625. The molecule has 0 aromatic heterocycles. The first kappa shape index (κ1) is 14.3. The number of phenols is 1. The number of phenolic OH excluding ortho intramolecular Hbond substituents is 1. The van der Waals surface area contributed by atoms with Crippen LogP contribution in [0.1, 0.15) is 17.0 Å². The van der Waals surface area contributed by atoms with Crippen molar-refractivity contribution in [3.8, 4) is 11.8 Å². The summed E-state index contributed by atoms with van der Waals surface area (Å²) < 4.78 is 0. The Balaban J connectivity index is 2.02. The minimum Gasteiger partial charge on any atom is -0.508 e. The Bertz CT molecular complexity index is 690. The summed E-state index contributed by atoms with van der Waals surface area (Å²) in [6.07, 6.45) is 1.40. The second-order valence-corrected chi connectivity index (χ2v) is 4.30. The minimum atomic E-state index is -0.910. The van der Waals surface area contributed by atoms with Crippen LogP contribution >= 0.6 is 0 Å². The Morgan fingerprint density at radius 2 is 2.00 bits per heavy atom. The van der Waals surface area contributed by atoms with Gasteiger partial charge in [-0.25, -0.2) is 5.43 Å². The van der Waals surface area contributed by atoms with E-state index in [0.717, 1.165) is 0 Å². The predicted octanol–water partition coefficient (Wildman–Crippen LogP) is 2.15. The molecule has 5 nitrogen and oxygen atoms in total. The van der Waals surface area contributed by atoms with E-state index in [4.69, 9.17) is 5.26 Å². The van der Waals surface area contributed by atoms with Crippen LogP contribution < -0.4 is 5.43 Å². The number of carbonyl (C=O) groups is 1. The van der Waals surface area contributed by atoms with Crippen molar-refractivity contribution in [3.63, 3.8) is 0 Å². The number of hydrogen-bond donors (Lipinski definition) is 2. The van der Waals surface area contributed by atoms with Crippen LogP contribution in [0.15, 0.2) is 59.7 Å². The third-order valence-corrected chi connectivity index (χ3v) is 2.78. The Labute approximate surface area is 122 Å². The van der Waals surface area contributed by atoms with Gasteiger partial charge in [0.15, 0.2) is 5.92 Å². The van der Waals surface area contributed by atoms with E-state index in [2.05, 4.69) is 10.5 Å². The van der Waals surface area contributed by atoms with Gasteiger partial charge >= 0.3 is 0 Å². The maximum absolute atomic E-state index is 11.9. The molecule has 0 aliphatic heterocycles. The molecule has 0 radical (unpaired) electrons. The van der Waals surface area contributed by atoms with Crippen LogP contribution in [0.2, 0.25) is 0 Å². The van der Waals surface area contributed by atoms with Gasteiger partial charge < -0.3 is 5.11 Å². The molecule has 2 N–H and O–H groups in total. The topological polar surface area (TPSA) is 85.5 Å². The van der Waals surface area contributed by atoms with E-state index in [1.165, 1.54) is 18.3 Å². The molecule has 0 spiro atoms. The largest absolute Gasteiger partial charge is 0.508 e. The SMILES string of the molecule is N#C[C@H](C(=O)N/N=C\c1cccc(O)c1)c1ccccc1. The Hall–Kier alpha value is -3.13. The van der Waals surface area contributed by atoms with Crippen molar-refractivity contribution in [2.45, 2.75) is 5.92 Å². The molecule has 21 heavy (non-hydrogen) atoms. The molecule has 0 bridgehead atoms. The van der Waals surface area contributed by atoms with Crippen LogP contribution in [0.25, 0.3) is 0 Å². The minimum absolute atomic E-state index is 0.115. The van der Waals surface area contributed by atoms with Crippen LogP contribution in [-0.2, 0) is 4.79 Å². The number of hydrogen-bond acceptors (Lipinski definition) is 4. The van der Waals surface area contributed by atoms with Crippen LogP contribution in [0.3, 0.4) is 0 Å². The van der Waals surface area contributed by atoms with Crippen molar-refractivity contribution in [2.24, 2.45) is 5.10 Å². The smallest absolute Gasteiger partial charge is 0.261 e. The lowest BCUT2D eigenvalue weighted by molar-refractivity contribution is -0.121. The molecule has 0 saturated heterocycles. The standard InChI is InChI=1S/C16H13N3O2/c17-10-15(13-6-2-1-3-7-13)16(21)19-18-11-12-5-4-8-14(20)9-12/h1-9,11,15,20H,(H,19,21)/b18-11-/t15-/m0/s1. The van der Waals surface area contributed by atoms with Crippen LogP contribution in [0.4, 0.5) is 0 Å². The average molecular weight is 279 g/mol. The van der Waals surface area contributed by atoms with Gasteiger partial charge in [-0.15, -0.1) is 0 Å². The normalized spacial score (nSPS) is 11.8. The third kappa shape index (κ3) is 3.91. The molecule has 0 aliphatic rings. The van der Waals surface area contributed by atoms with Crippen molar-refractivity contribution in [1.29, 1.82) is 5.26 Å². The number of aromatic hydroxyl groups is 1. The van der Waals surface area contributed by atoms with Crippen molar-refractivity contribution in [1.82, 2.24) is 5.43 Å². The number of carbonyl (C=O) groups excluding carboxylic acids is 1. The lowest BCUT2D eigenvalue weighted by Crippen LogP contribution is -2.24. The lowest BCUT2D eigenvalue weighted by atomic mass is 10.0. The van der Waals surface area contributed by atoms with Gasteiger partial charge in [0, 0.05) is 0 Å². The fourth-order valence-corrected chi connectivity index (χ4v) is 1.77. The fourth-order valence-electron chi connectivity index (χ4n) is 1.77. The number of nitrogens with one attached hydrogen (secondary N) is 1. The van der Waals surface area contributed by atoms with Gasteiger partial charge in [-0.05, 0) is 23.3 Å². The van der Waals surface area contributed by atoms with E-state index in [9.17, 15) is 9.90 Å². The lowest BCUT2D eigenvalue weighted by Gasteiger charge is -2.07. The summed E-state index contributed by atoms with van der Waals surface area (Å²) in [4.78, 5) is 11.9. The van der Waals surface area contributed by atoms with Crippen molar-refractivity contribution in [3.05, 3.63) is 65.7 Å². The van der Waals surface area contributed by atoms with E-state index in [0.29, 0.717) is 11.1 Å². The zero-order valence-electron chi connectivity index (χ0n) is 11.1. The Morgan fingerprint density at radius 1 is 1.24 bits per heavy atom. The number of rotatable bonds is 4. The first-order valence-corrected chi connectivity index (χ1v) is 6.27. The monoisotopic (exact) mass is 279 g/mol. The molecule has 2 aromatic carbocycles. The van der Waals surface area contributed by atoms with E-state index in [1.807, 2.05) is 12.1 Å². The molecule has 2 rings (SSSR count). The highest BCUT2D eigenvalue weighted by molar-refractivity contribution is 5.88. The molecule has 0 aliphatic carbocycles. The van der Waals surface area contributed by atoms with Crippen LogP contribution in [-0.4, -0.2) is 17.2 Å². The van der Waals surface area contributed by atoms with Gasteiger partial charge in [0.05, 0.1) is 12.3 Å². The first-order chi connectivity index (χ1) is 10.2. The Morgan fingerprint density at radius 3 is 2.67 bits per heavy atom. The summed E-state index contributed by atoms with van der Waals surface area (Å²) in [5.74, 6) is -1.29. The molecule has 0 saturated carbocycles. The number of benzene rings is 2.